The van der Waals surface area contributed by atoms with E-state index < -0.39 is 0 Å². The molecule has 0 spiro atoms. The number of rotatable bonds is 5. The van der Waals surface area contributed by atoms with Crippen LogP contribution in [0.4, 0.5) is 5.69 Å². The summed E-state index contributed by atoms with van der Waals surface area (Å²) < 4.78 is 0. The van der Waals surface area contributed by atoms with Gasteiger partial charge in [-0.2, -0.15) is 0 Å². The molecule has 7 heteroatoms. The zero-order valence-corrected chi connectivity index (χ0v) is 14.9. The van der Waals surface area contributed by atoms with Crippen LogP contribution >= 0.6 is 34.5 Å². The summed E-state index contributed by atoms with van der Waals surface area (Å²) in [5.74, 6) is -0.140. The second-order valence-corrected chi connectivity index (χ2v) is 6.89. The molecule has 1 atom stereocenters. The highest BCUT2D eigenvalue weighted by atomic mass is 35.5. The van der Waals surface area contributed by atoms with Crippen molar-refractivity contribution < 1.29 is 4.79 Å². The Labute approximate surface area is 144 Å². The predicted octanol–water partition coefficient (Wildman–Crippen LogP) is 4.22. The first-order valence-electron chi connectivity index (χ1n) is 6.74. The van der Waals surface area contributed by atoms with E-state index in [2.05, 4.69) is 10.3 Å². The van der Waals surface area contributed by atoms with Crippen LogP contribution in [0.5, 0.6) is 0 Å². The minimum Gasteiger partial charge on any atom is -0.323 e. The Bertz CT molecular complexity index is 675. The molecule has 1 aromatic carbocycles. The molecule has 4 nitrogen and oxygen atoms in total. The van der Waals surface area contributed by atoms with E-state index in [1.807, 2.05) is 31.2 Å². The third-order valence-electron chi connectivity index (χ3n) is 3.33. The summed E-state index contributed by atoms with van der Waals surface area (Å²) in [5.41, 5.74) is 1.48. The van der Waals surface area contributed by atoms with Gasteiger partial charge in [-0.15, -0.1) is 11.3 Å². The van der Waals surface area contributed by atoms with Crippen LogP contribution in [0.3, 0.4) is 0 Å². The van der Waals surface area contributed by atoms with Gasteiger partial charge in [-0.1, -0.05) is 29.3 Å². The third-order valence-corrected chi connectivity index (χ3v) is 4.97. The second-order valence-electron chi connectivity index (χ2n) is 5.04. The molecule has 22 heavy (non-hydrogen) atoms. The Morgan fingerprint density at radius 2 is 2.18 bits per heavy atom. The quantitative estimate of drug-likeness (QED) is 0.871. The van der Waals surface area contributed by atoms with Gasteiger partial charge in [0, 0.05) is 11.9 Å². The minimum atomic E-state index is -0.322. The molecule has 1 aromatic heterocycles. The molecule has 0 aliphatic rings. The molecule has 2 aromatic rings. The van der Waals surface area contributed by atoms with E-state index in [4.69, 9.17) is 23.2 Å². The molecule has 2 rings (SSSR count). The van der Waals surface area contributed by atoms with Crippen LogP contribution in [0.15, 0.2) is 23.6 Å². The highest BCUT2D eigenvalue weighted by Crippen LogP contribution is 2.29. The van der Waals surface area contributed by atoms with Gasteiger partial charge in [0.25, 0.3) is 0 Å². The smallest absolute Gasteiger partial charge is 0.241 e. The maximum atomic E-state index is 12.3. The molecule has 0 saturated carbocycles. The molecule has 1 unspecified atom stereocenters. The zero-order valence-electron chi connectivity index (χ0n) is 12.6. The van der Waals surface area contributed by atoms with Crippen molar-refractivity contribution in [2.45, 2.75) is 26.4 Å². The topological polar surface area (TPSA) is 45.2 Å². The van der Waals surface area contributed by atoms with Crippen LogP contribution in [0.1, 0.15) is 17.6 Å². The number of likely N-dealkylation sites (N-methyl/N-ethyl adjacent to an activating group) is 1. The lowest BCUT2D eigenvalue weighted by Gasteiger charge is -2.23. The summed E-state index contributed by atoms with van der Waals surface area (Å²) in [5, 5.41) is 6.60. The van der Waals surface area contributed by atoms with E-state index in [0.717, 1.165) is 10.7 Å². The van der Waals surface area contributed by atoms with E-state index >= 15 is 0 Å². The molecule has 0 fully saturated rings. The Morgan fingerprint density at radius 3 is 2.82 bits per heavy atom. The van der Waals surface area contributed by atoms with Crippen LogP contribution in [-0.4, -0.2) is 28.9 Å². The standard InChI is InChI=1S/C15H17Cl2N3OS/c1-9(20(3)7-11-8-22-10(2)18-11)15(21)19-13-6-4-5-12(16)14(13)17/h4-6,8-9H,7H2,1-3H3,(H,19,21). The molecule has 0 aliphatic carbocycles. The number of aromatic nitrogens is 1. The summed E-state index contributed by atoms with van der Waals surface area (Å²) in [6.07, 6.45) is 0. The van der Waals surface area contributed by atoms with Crippen molar-refractivity contribution in [3.8, 4) is 0 Å². The first kappa shape index (κ1) is 17.2. The van der Waals surface area contributed by atoms with E-state index in [1.54, 1.807) is 29.5 Å². The molecule has 0 bridgehead atoms. The fourth-order valence-electron chi connectivity index (χ4n) is 1.91. The van der Waals surface area contributed by atoms with Crippen LogP contribution in [0, 0.1) is 6.92 Å². The largest absolute Gasteiger partial charge is 0.323 e. The van der Waals surface area contributed by atoms with E-state index in [-0.39, 0.29) is 11.9 Å². The Morgan fingerprint density at radius 1 is 1.45 bits per heavy atom. The minimum absolute atomic E-state index is 0.140. The lowest BCUT2D eigenvalue weighted by atomic mass is 10.2. The van der Waals surface area contributed by atoms with Gasteiger partial charge < -0.3 is 5.32 Å². The van der Waals surface area contributed by atoms with Crippen molar-refractivity contribution in [1.82, 2.24) is 9.88 Å². The Kier molecular flexibility index (Phi) is 5.81. The molecule has 118 valence electrons. The van der Waals surface area contributed by atoms with Gasteiger partial charge in [-0.05, 0) is 33.0 Å². The third kappa shape index (κ3) is 4.20. The number of hydrogen-bond donors (Lipinski definition) is 1. The van der Waals surface area contributed by atoms with Crippen molar-refractivity contribution in [3.63, 3.8) is 0 Å². The molecule has 1 N–H and O–H groups in total. The van der Waals surface area contributed by atoms with Crippen molar-refractivity contribution >= 4 is 46.1 Å². The van der Waals surface area contributed by atoms with E-state index in [9.17, 15) is 4.79 Å². The van der Waals surface area contributed by atoms with Crippen molar-refractivity contribution in [2.24, 2.45) is 0 Å². The number of nitrogens with one attached hydrogen (secondary N) is 1. The maximum absolute atomic E-state index is 12.3. The molecule has 0 aliphatic heterocycles. The summed E-state index contributed by atoms with van der Waals surface area (Å²) in [4.78, 5) is 18.7. The van der Waals surface area contributed by atoms with Crippen LogP contribution in [-0.2, 0) is 11.3 Å². The SMILES string of the molecule is Cc1nc(CN(C)C(C)C(=O)Nc2cccc(Cl)c2Cl)cs1. The number of thiazole rings is 1. The Hall–Kier alpha value is -1.14. The molecule has 1 amide bonds. The number of amides is 1. The van der Waals surface area contributed by atoms with Gasteiger partial charge in [0.2, 0.25) is 5.91 Å². The first-order valence-corrected chi connectivity index (χ1v) is 8.38. The molecule has 0 radical (unpaired) electrons. The number of nitrogens with zero attached hydrogens (tertiary/aromatic N) is 2. The van der Waals surface area contributed by atoms with Crippen LogP contribution < -0.4 is 5.32 Å². The highest BCUT2D eigenvalue weighted by molar-refractivity contribution is 7.09. The number of benzene rings is 1. The van der Waals surface area contributed by atoms with Gasteiger partial charge in [-0.25, -0.2) is 4.98 Å². The number of hydrogen-bond acceptors (Lipinski definition) is 4. The van der Waals surface area contributed by atoms with Crippen molar-refractivity contribution in [1.29, 1.82) is 0 Å². The second kappa shape index (κ2) is 7.42. The summed E-state index contributed by atoms with van der Waals surface area (Å²) >= 11 is 13.6. The monoisotopic (exact) mass is 357 g/mol. The van der Waals surface area contributed by atoms with Crippen LogP contribution in [0.25, 0.3) is 0 Å². The molecule has 1 heterocycles. The van der Waals surface area contributed by atoms with Gasteiger partial charge in [0.05, 0.1) is 32.5 Å². The fourth-order valence-corrected chi connectivity index (χ4v) is 2.86. The first-order chi connectivity index (χ1) is 10.4. The predicted molar refractivity (Wildman–Crippen MR) is 92.9 cm³/mol. The molecular weight excluding hydrogens is 341 g/mol. The molecular formula is C15H17Cl2N3OS. The summed E-state index contributed by atoms with van der Waals surface area (Å²) in [7, 11) is 1.89. The Balaban J connectivity index is 2.00. The number of anilines is 1. The number of carbonyl (C=O) groups excluding carboxylic acids is 1. The maximum Gasteiger partial charge on any atom is 0.241 e. The fraction of sp³-hybridized carbons (Fsp3) is 0.333. The lowest BCUT2D eigenvalue weighted by Crippen LogP contribution is -2.39. The zero-order chi connectivity index (χ0) is 16.3. The average Bonchev–Trinajstić information content (AvgIpc) is 2.88. The van der Waals surface area contributed by atoms with E-state index in [1.165, 1.54) is 0 Å². The summed E-state index contributed by atoms with van der Waals surface area (Å²) in [6, 6.07) is 4.83. The number of halogens is 2. The van der Waals surface area contributed by atoms with Crippen LogP contribution in [0.2, 0.25) is 10.0 Å². The van der Waals surface area contributed by atoms with Gasteiger partial charge >= 0.3 is 0 Å². The van der Waals surface area contributed by atoms with Gasteiger partial charge in [0.1, 0.15) is 0 Å². The average molecular weight is 358 g/mol. The normalized spacial score (nSPS) is 12.5. The van der Waals surface area contributed by atoms with Crippen molar-refractivity contribution in [2.75, 3.05) is 12.4 Å². The number of carbonyl (C=O) groups is 1. The van der Waals surface area contributed by atoms with Crippen molar-refractivity contribution in [3.05, 3.63) is 44.3 Å². The number of aryl methyl sites for hydroxylation is 1. The van der Waals surface area contributed by atoms with Gasteiger partial charge in [-0.3, -0.25) is 9.69 Å². The van der Waals surface area contributed by atoms with E-state index in [0.29, 0.717) is 22.3 Å². The lowest BCUT2D eigenvalue weighted by molar-refractivity contribution is -0.120. The molecule has 0 saturated heterocycles. The van der Waals surface area contributed by atoms with Gasteiger partial charge in [0.15, 0.2) is 0 Å². The summed E-state index contributed by atoms with van der Waals surface area (Å²) in [6.45, 7) is 4.42. The highest BCUT2D eigenvalue weighted by Gasteiger charge is 2.20.